The molecule has 2 aromatic rings. The Bertz CT molecular complexity index is 1230. The van der Waals surface area contributed by atoms with Crippen molar-refractivity contribution in [1.29, 1.82) is 0 Å². The van der Waals surface area contributed by atoms with Gasteiger partial charge in [-0.25, -0.2) is 4.79 Å². The maximum atomic E-state index is 13.8. The van der Waals surface area contributed by atoms with E-state index < -0.39 is 12.0 Å². The van der Waals surface area contributed by atoms with E-state index in [1.165, 1.54) is 17.7 Å². The molecule has 0 aromatic heterocycles. The average Bonchev–Trinajstić information content (AvgIpc) is 3.21. The molecule has 0 saturated carbocycles. The minimum Gasteiger partial charge on any atom is -0.494 e. The average molecular weight is 595 g/mol. The Kier molecular flexibility index (Phi) is 11.3. The lowest BCUT2D eigenvalue weighted by molar-refractivity contribution is -0.124. The molecule has 226 valence electrons. The van der Waals surface area contributed by atoms with Crippen LogP contribution in [-0.4, -0.2) is 78.1 Å². The maximum Gasteiger partial charge on any atom is 0.338 e. The van der Waals surface area contributed by atoms with Gasteiger partial charge in [-0.15, -0.1) is 0 Å². The van der Waals surface area contributed by atoms with Gasteiger partial charge in [0.25, 0.3) is 5.91 Å². The monoisotopic (exact) mass is 594 g/mol. The Hall–Kier alpha value is -3.50. The number of anilines is 2. The number of rotatable bonds is 13. The molecule has 2 amide bonds. The molecule has 2 aliphatic rings. The summed E-state index contributed by atoms with van der Waals surface area (Å²) in [6, 6.07) is 13.1. The number of thiocarbonyl (C=S) groups is 1. The lowest BCUT2D eigenvalue weighted by atomic mass is 9.99. The third-order valence-corrected chi connectivity index (χ3v) is 8.11. The van der Waals surface area contributed by atoms with E-state index in [0.29, 0.717) is 35.2 Å². The molecule has 9 nitrogen and oxygen atoms in total. The van der Waals surface area contributed by atoms with Gasteiger partial charge < -0.3 is 24.6 Å². The summed E-state index contributed by atoms with van der Waals surface area (Å²) in [5.74, 6) is 0.552. The highest BCUT2D eigenvalue weighted by atomic mass is 32.1. The van der Waals surface area contributed by atoms with Crippen molar-refractivity contribution in [2.24, 2.45) is 5.92 Å². The second-order valence-corrected chi connectivity index (χ2v) is 11.3. The van der Waals surface area contributed by atoms with Crippen LogP contribution in [0.3, 0.4) is 0 Å². The maximum absolute atomic E-state index is 13.8. The second-order valence-electron chi connectivity index (χ2n) is 10.9. The van der Waals surface area contributed by atoms with Crippen molar-refractivity contribution in [2.45, 2.75) is 58.9 Å². The Labute approximate surface area is 254 Å². The molecule has 2 fully saturated rings. The molecule has 0 aliphatic carbocycles. The van der Waals surface area contributed by atoms with E-state index in [2.05, 4.69) is 17.1 Å². The van der Waals surface area contributed by atoms with Crippen LogP contribution < -0.4 is 15.0 Å². The number of carbonyl (C=O) groups excluding carboxylic acids is 3. The third kappa shape index (κ3) is 8.07. The SMILES string of the molecule is CCCOc1ccc(NC(=O)CC2C(=O)N(c3ccc(C(=O)OCC)cc3)C(=S)N2CCCN2CCC(C)CC2)cc1. The molecular formula is C32H42N4O5S. The van der Waals surface area contributed by atoms with Gasteiger partial charge in [-0.2, -0.15) is 0 Å². The van der Waals surface area contributed by atoms with Gasteiger partial charge in [0.2, 0.25) is 5.91 Å². The summed E-state index contributed by atoms with van der Waals surface area (Å²) in [7, 11) is 0. The van der Waals surface area contributed by atoms with Gasteiger partial charge in [0, 0.05) is 12.2 Å². The van der Waals surface area contributed by atoms with E-state index in [4.69, 9.17) is 21.7 Å². The predicted octanol–water partition coefficient (Wildman–Crippen LogP) is 5.11. The summed E-state index contributed by atoms with van der Waals surface area (Å²) in [5.41, 5.74) is 1.58. The quantitative estimate of drug-likeness (QED) is 0.253. The lowest BCUT2D eigenvalue weighted by Gasteiger charge is -2.31. The van der Waals surface area contributed by atoms with Crippen LogP contribution >= 0.6 is 12.2 Å². The number of hydrogen-bond donors (Lipinski definition) is 1. The summed E-state index contributed by atoms with van der Waals surface area (Å²) in [6.45, 7) is 10.6. The lowest BCUT2D eigenvalue weighted by Crippen LogP contribution is -2.40. The largest absolute Gasteiger partial charge is 0.494 e. The summed E-state index contributed by atoms with van der Waals surface area (Å²) >= 11 is 5.82. The van der Waals surface area contributed by atoms with E-state index >= 15 is 0 Å². The van der Waals surface area contributed by atoms with E-state index in [1.807, 2.05) is 24.0 Å². The molecule has 2 heterocycles. The van der Waals surface area contributed by atoms with E-state index in [0.717, 1.165) is 44.1 Å². The smallest absolute Gasteiger partial charge is 0.338 e. The summed E-state index contributed by atoms with van der Waals surface area (Å²) in [5, 5.41) is 3.28. The van der Waals surface area contributed by atoms with Crippen molar-refractivity contribution in [2.75, 3.05) is 49.6 Å². The molecule has 1 atom stereocenters. The molecule has 42 heavy (non-hydrogen) atoms. The molecule has 2 aliphatic heterocycles. The number of carbonyl (C=O) groups is 3. The normalized spacial score (nSPS) is 17.9. The van der Waals surface area contributed by atoms with Crippen LogP contribution in [0.25, 0.3) is 0 Å². The van der Waals surface area contributed by atoms with Gasteiger partial charge in [-0.05, 0) is 119 Å². The Morgan fingerprint density at radius 2 is 1.69 bits per heavy atom. The molecule has 0 spiro atoms. The first-order valence-corrected chi connectivity index (χ1v) is 15.4. The first-order valence-electron chi connectivity index (χ1n) is 15.0. The van der Waals surface area contributed by atoms with Crippen LogP contribution in [0.4, 0.5) is 11.4 Å². The zero-order chi connectivity index (χ0) is 30.1. The van der Waals surface area contributed by atoms with Crippen molar-refractivity contribution < 1.29 is 23.9 Å². The molecule has 0 bridgehead atoms. The second kappa shape index (κ2) is 15.1. The van der Waals surface area contributed by atoms with Gasteiger partial charge in [0.15, 0.2) is 5.11 Å². The fourth-order valence-corrected chi connectivity index (χ4v) is 5.69. The fraction of sp³-hybridized carbons (Fsp3) is 0.500. The van der Waals surface area contributed by atoms with E-state index in [-0.39, 0.29) is 24.8 Å². The van der Waals surface area contributed by atoms with E-state index in [1.54, 1.807) is 43.3 Å². The van der Waals surface area contributed by atoms with Crippen LogP contribution in [0.2, 0.25) is 0 Å². The molecule has 1 N–H and O–H groups in total. The van der Waals surface area contributed by atoms with Crippen molar-refractivity contribution in [3.63, 3.8) is 0 Å². The van der Waals surface area contributed by atoms with Crippen LogP contribution in [0.15, 0.2) is 48.5 Å². The number of hydrogen-bond acceptors (Lipinski definition) is 7. The first kappa shape index (κ1) is 31.4. The molecule has 10 heteroatoms. The number of ether oxygens (including phenoxy) is 2. The molecule has 2 aromatic carbocycles. The molecule has 2 saturated heterocycles. The highest BCUT2D eigenvalue weighted by molar-refractivity contribution is 7.80. The summed E-state index contributed by atoms with van der Waals surface area (Å²) in [4.78, 5) is 44.9. The minimum absolute atomic E-state index is 0.0360. The van der Waals surface area contributed by atoms with Crippen molar-refractivity contribution in [3.05, 3.63) is 54.1 Å². The van der Waals surface area contributed by atoms with Crippen LogP contribution in [-0.2, 0) is 14.3 Å². The Morgan fingerprint density at radius 3 is 2.33 bits per heavy atom. The zero-order valence-corrected chi connectivity index (χ0v) is 25.7. The predicted molar refractivity (Wildman–Crippen MR) is 168 cm³/mol. The third-order valence-electron chi connectivity index (χ3n) is 7.69. The zero-order valence-electron chi connectivity index (χ0n) is 24.8. The minimum atomic E-state index is -0.726. The molecular weight excluding hydrogens is 552 g/mol. The number of piperidine rings is 1. The number of likely N-dealkylation sites (tertiary alicyclic amines) is 1. The standard InChI is InChI=1S/C32H42N4O5S/c1-4-21-41-27-13-9-25(10-14-27)33-29(37)22-28-30(38)36(26-11-7-24(8-12-26)31(39)40-5-2)32(42)35(28)18-6-17-34-19-15-23(3)16-20-34/h7-14,23,28H,4-6,15-22H2,1-3H3,(H,33,37). The number of benzene rings is 2. The topological polar surface area (TPSA) is 91.4 Å². The van der Waals surface area contributed by atoms with Crippen LogP contribution in [0.5, 0.6) is 5.75 Å². The number of esters is 1. The number of amides is 2. The van der Waals surface area contributed by atoms with Gasteiger partial charge in [0.05, 0.1) is 30.9 Å². The molecule has 1 unspecified atom stereocenters. The van der Waals surface area contributed by atoms with Gasteiger partial charge in [0.1, 0.15) is 11.8 Å². The van der Waals surface area contributed by atoms with Gasteiger partial charge >= 0.3 is 5.97 Å². The van der Waals surface area contributed by atoms with Gasteiger partial charge in [-0.1, -0.05) is 13.8 Å². The number of nitrogens with zero attached hydrogens (tertiary/aromatic N) is 3. The highest BCUT2D eigenvalue weighted by Crippen LogP contribution is 2.29. The van der Waals surface area contributed by atoms with Crippen molar-refractivity contribution in [3.8, 4) is 5.75 Å². The highest BCUT2D eigenvalue weighted by Gasteiger charge is 2.44. The Morgan fingerprint density at radius 1 is 1.00 bits per heavy atom. The van der Waals surface area contributed by atoms with Crippen molar-refractivity contribution in [1.82, 2.24) is 9.80 Å². The molecule has 4 rings (SSSR count). The fourth-order valence-electron chi connectivity index (χ4n) is 5.28. The van der Waals surface area contributed by atoms with Gasteiger partial charge in [-0.3, -0.25) is 14.5 Å². The summed E-state index contributed by atoms with van der Waals surface area (Å²) in [6.07, 6.45) is 4.10. The Balaban J connectivity index is 1.46. The van der Waals surface area contributed by atoms with Crippen LogP contribution in [0.1, 0.15) is 63.2 Å². The van der Waals surface area contributed by atoms with Crippen LogP contribution in [0, 0.1) is 5.92 Å². The van der Waals surface area contributed by atoms with Crippen molar-refractivity contribution >= 4 is 46.5 Å². The molecule has 0 radical (unpaired) electrons. The number of nitrogens with one attached hydrogen (secondary N) is 1. The first-order chi connectivity index (χ1) is 20.3. The van der Waals surface area contributed by atoms with E-state index in [9.17, 15) is 14.4 Å². The summed E-state index contributed by atoms with van der Waals surface area (Å²) < 4.78 is 10.7.